The number of carbonyl (C=O) groups is 1. The van der Waals surface area contributed by atoms with Crippen molar-refractivity contribution in [1.82, 2.24) is 19.9 Å². The lowest BCUT2D eigenvalue weighted by molar-refractivity contribution is -0.123. The standard InChI is InChI=1S/C31H40N4O3S/c1-31(2,3)33-20-22-13-14-26-23(18-22)8-6-11-28(26)34-30(36)19-25-10-4-5-17-35(25)39(37,38)29-12-7-9-24-21-32-16-15-27(24)29/h7,9,12-16,18,21,25,28,33H,4-6,8,10-11,17,19-20H2,1-3H3,(H,34,36)/t25-,28+/m0/s1. The molecule has 2 N–H and O–H groups in total. The molecule has 1 aliphatic heterocycles. The Hall–Kier alpha value is -2.81. The number of rotatable bonds is 7. The van der Waals surface area contributed by atoms with E-state index in [-0.39, 0.29) is 34.8 Å². The van der Waals surface area contributed by atoms with Crippen LogP contribution >= 0.6 is 0 Å². The molecule has 5 rings (SSSR count). The Balaban J connectivity index is 1.30. The smallest absolute Gasteiger partial charge is 0.243 e. The first kappa shape index (κ1) is 27.7. The van der Waals surface area contributed by atoms with Crippen molar-refractivity contribution in [3.8, 4) is 0 Å². The number of sulfonamides is 1. The molecule has 2 atom stereocenters. The number of benzene rings is 2. The molecule has 7 nitrogen and oxygen atoms in total. The predicted octanol–water partition coefficient (Wildman–Crippen LogP) is 5.25. The van der Waals surface area contributed by atoms with Gasteiger partial charge < -0.3 is 10.6 Å². The molecule has 0 unspecified atom stereocenters. The highest BCUT2D eigenvalue weighted by Gasteiger charge is 2.36. The molecule has 0 spiro atoms. The topological polar surface area (TPSA) is 91.4 Å². The van der Waals surface area contributed by atoms with E-state index >= 15 is 0 Å². The molecule has 2 heterocycles. The second kappa shape index (κ2) is 11.4. The number of hydrogen-bond acceptors (Lipinski definition) is 5. The number of nitrogens with one attached hydrogen (secondary N) is 2. The number of fused-ring (bicyclic) bond motifs is 2. The van der Waals surface area contributed by atoms with Gasteiger partial charge in [0.1, 0.15) is 0 Å². The number of aromatic nitrogens is 1. The monoisotopic (exact) mass is 548 g/mol. The third-order valence-electron chi connectivity index (χ3n) is 7.90. The van der Waals surface area contributed by atoms with Crippen LogP contribution in [0.3, 0.4) is 0 Å². The number of pyridine rings is 1. The van der Waals surface area contributed by atoms with Crippen molar-refractivity contribution in [1.29, 1.82) is 0 Å². The summed E-state index contributed by atoms with van der Waals surface area (Å²) in [5.41, 5.74) is 3.79. The quantitative estimate of drug-likeness (QED) is 0.421. The van der Waals surface area contributed by atoms with Crippen molar-refractivity contribution in [2.24, 2.45) is 0 Å². The SMILES string of the molecule is CC(C)(C)NCc1ccc2c(c1)CCC[C@H]2NC(=O)C[C@@H]1CCCCN1S(=O)(=O)c1cccc2cnccc12. The van der Waals surface area contributed by atoms with Crippen molar-refractivity contribution in [3.63, 3.8) is 0 Å². The highest BCUT2D eigenvalue weighted by Crippen LogP contribution is 2.33. The molecule has 3 aromatic rings. The van der Waals surface area contributed by atoms with Gasteiger partial charge in [-0.1, -0.05) is 36.8 Å². The van der Waals surface area contributed by atoms with Gasteiger partial charge in [0.2, 0.25) is 15.9 Å². The van der Waals surface area contributed by atoms with E-state index in [9.17, 15) is 13.2 Å². The Morgan fingerprint density at radius 3 is 2.74 bits per heavy atom. The summed E-state index contributed by atoms with van der Waals surface area (Å²) in [5.74, 6) is -0.0828. The van der Waals surface area contributed by atoms with Crippen LogP contribution in [-0.2, 0) is 27.8 Å². The van der Waals surface area contributed by atoms with Crippen molar-refractivity contribution >= 4 is 26.7 Å². The van der Waals surface area contributed by atoms with Gasteiger partial charge in [-0.05, 0) is 81.7 Å². The summed E-state index contributed by atoms with van der Waals surface area (Å²) in [6.07, 6.45) is 8.81. The summed E-state index contributed by atoms with van der Waals surface area (Å²) >= 11 is 0. The summed E-state index contributed by atoms with van der Waals surface area (Å²) in [6, 6.07) is 13.2. The molecule has 0 saturated carbocycles. The lowest BCUT2D eigenvalue weighted by Gasteiger charge is -2.35. The molecular weight excluding hydrogens is 508 g/mol. The highest BCUT2D eigenvalue weighted by atomic mass is 32.2. The zero-order valence-corrected chi connectivity index (χ0v) is 24.1. The summed E-state index contributed by atoms with van der Waals surface area (Å²) in [4.78, 5) is 17.8. The van der Waals surface area contributed by atoms with E-state index in [4.69, 9.17) is 0 Å². The van der Waals surface area contributed by atoms with E-state index in [1.165, 1.54) is 16.7 Å². The number of carbonyl (C=O) groups excluding carboxylic acids is 1. The number of piperidine rings is 1. The summed E-state index contributed by atoms with van der Waals surface area (Å²) in [5, 5.41) is 8.25. The maximum absolute atomic E-state index is 13.9. The molecule has 0 radical (unpaired) electrons. The first-order chi connectivity index (χ1) is 18.6. The molecule has 208 valence electrons. The maximum Gasteiger partial charge on any atom is 0.243 e. The molecule has 2 aliphatic rings. The van der Waals surface area contributed by atoms with E-state index in [0.29, 0.717) is 18.4 Å². The molecule has 1 amide bonds. The van der Waals surface area contributed by atoms with Crippen molar-refractivity contribution in [3.05, 3.63) is 71.5 Å². The van der Waals surface area contributed by atoms with Crippen LogP contribution in [0.5, 0.6) is 0 Å². The van der Waals surface area contributed by atoms with Gasteiger partial charge in [-0.25, -0.2) is 8.42 Å². The minimum atomic E-state index is -3.77. The van der Waals surface area contributed by atoms with Crippen LogP contribution < -0.4 is 10.6 Å². The lowest BCUT2D eigenvalue weighted by Crippen LogP contribution is -2.46. The van der Waals surface area contributed by atoms with E-state index in [2.05, 4.69) is 54.6 Å². The summed E-state index contributed by atoms with van der Waals surface area (Å²) in [6.45, 7) is 7.73. The minimum absolute atomic E-state index is 0.0370. The normalized spacial score (nSPS) is 20.5. The van der Waals surface area contributed by atoms with Gasteiger partial charge in [0.25, 0.3) is 0 Å². The van der Waals surface area contributed by atoms with Crippen molar-refractivity contribution < 1.29 is 13.2 Å². The minimum Gasteiger partial charge on any atom is -0.349 e. The van der Waals surface area contributed by atoms with E-state index < -0.39 is 10.0 Å². The fourth-order valence-corrected chi connectivity index (χ4v) is 7.81. The largest absolute Gasteiger partial charge is 0.349 e. The summed E-state index contributed by atoms with van der Waals surface area (Å²) < 4.78 is 29.3. The average Bonchev–Trinajstić information content (AvgIpc) is 2.91. The number of amides is 1. The number of aryl methyl sites for hydroxylation is 1. The van der Waals surface area contributed by atoms with E-state index in [0.717, 1.165) is 44.0 Å². The van der Waals surface area contributed by atoms with Crippen LogP contribution in [0.15, 0.2) is 59.8 Å². The second-order valence-corrected chi connectivity index (χ2v) is 13.8. The van der Waals surface area contributed by atoms with Gasteiger partial charge in [-0.3, -0.25) is 9.78 Å². The molecule has 2 aromatic carbocycles. The molecule has 39 heavy (non-hydrogen) atoms. The first-order valence-electron chi connectivity index (χ1n) is 14.1. The number of nitrogens with zero attached hydrogens (tertiary/aromatic N) is 2. The third-order valence-corrected chi connectivity index (χ3v) is 9.91. The third kappa shape index (κ3) is 6.34. The molecule has 0 bridgehead atoms. The van der Waals surface area contributed by atoms with Crippen LogP contribution in [-0.4, -0.2) is 41.7 Å². The average molecular weight is 549 g/mol. The van der Waals surface area contributed by atoms with Crippen LogP contribution in [0.25, 0.3) is 10.8 Å². The van der Waals surface area contributed by atoms with Gasteiger partial charge in [-0.15, -0.1) is 0 Å². The second-order valence-electron chi connectivity index (χ2n) is 12.0. The Bertz CT molecular complexity index is 1440. The molecule has 1 saturated heterocycles. The maximum atomic E-state index is 13.9. The molecule has 1 aliphatic carbocycles. The predicted molar refractivity (Wildman–Crippen MR) is 155 cm³/mol. The number of hydrogen-bond donors (Lipinski definition) is 2. The van der Waals surface area contributed by atoms with E-state index in [1.54, 1.807) is 34.9 Å². The highest BCUT2D eigenvalue weighted by molar-refractivity contribution is 7.89. The van der Waals surface area contributed by atoms with Gasteiger partial charge in [0.05, 0.1) is 10.9 Å². The van der Waals surface area contributed by atoms with Gasteiger partial charge >= 0.3 is 0 Å². The van der Waals surface area contributed by atoms with Crippen molar-refractivity contribution in [2.45, 2.75) is 94.8 Å². The molecule has 1 aromatic heterocycles. The van der Waals surface area contributed by atoms with Gasteiger partial charge in [0, 0.05) is 54.3 Å². The zero-order chi connectivity index (χ0) is 27.6. The first-order valence-corrected chi connectivity index (χ1v) is 15.6. The van der Waals surface area contributed by atoms with Gasteiger partial charge in [-0.2, -0.15) is 4.31 Å². The Morgan fingerprint density at radius 1 is 1.08 bits per heavy atom. The zero-order valence-electron chi connectivity index (χ0n) is 23.2. The van der Waals surface area contributed by atoms with Crippen LogP contribution in [0.1, 0.15) is 82.0 Å². The van der Waals surface area contributed by atoms with E-state index in [1.807, 2.05) is 6.07 Å². The molecular formula is C31H40N4O3S. The summed E-state index contributed by atoms with van der Waals surface area (Å²) in [7, 11) is -3.77. The Labute approximate surface area is 232 Å². The Morgan fingerprint density at radius 2 is 1.92 bits per heavy atom. The van der Waals surface area contributed by atoms with Gasteiger partial charge in [0.15, 0.2) is 0 Å². The van der Waals surface area contributed by atoms with Crippen LogP contribution in [0, 0.1) is 0 Å². The fourth-order valence-electron chi connectivity index (χ4n) is 5.90. The molecule has 1 fully saturated rings. The van der Waals surface area contributed by atoms with Crippen molar-refractivity contribution in [2.75, 3.05) is 6.54 Å². The van der Waals surface area contributed by atoms with Crippen LogP contribution in [0.2, 0.25) is 0 Å². The lowest BCUT2D eigenvalue weighted by atomic mass is 9.86. The van der Waals surface area contributed by atoms with Crippen LogP contribution in [0.4, 0.5) is 0 Å². The Kier molecular flexibility index (Phi) is 8.08. The molecule has 8 heteroatoms. The fraction of sp³-hybridized carbons (Fsp3) is 0.484.